The molecule has 0 spiro atoms. The van der Waals surface area contributed by atoms with Gasteiger partial charge in [0.25, 0.3) is 0 Å². The molecule has 0 N–H and O–H groups in total. The molecule has 2 heteroatoms. The summed E-state index contributed by atoms with van der Waals surface area (Å²) in [6.07, 6.45) is 5.45. The molecule has 0 radical (unpaired) electrons. The molecule has 0 aromatic rings. The molecule has 1 saturated heterocycles. The molecule has 76 valence electrons. The van der Waals surface area contributed by atoms with Crippen LogP contribution in [0, 0.1) is 17.8 Å². The highest BCUT2D eigenvalue weighted by atomic mass is 79.9. The monoisotopic (exact) mass is 246 g/mol. The van der Waals surface area contributed by atoms with E-state index >= 15 is 0 Å². The van der Waals surface area contributed by atoms with Crippen molar-refractivity contribution in [1.82, 2.24) is 0 Å². The summed E-state index contributed by atoms with van der Waals surface area (Å²) in [6.45, 7) is 4.41. The van der Waals surface area contributed by atoms with E-state index in [1.165, 1.54) is 25.7 Å². The lowest BCUT2D eigenvalue weighted by Crippen LogP contribution is -2.27. The number of ether oxygens (including phenoxy) is 1. The number of rotatable bonds is 1. The summed E-state index contributed by atoms with van der Waals surface area (Å²) in [5.41, 5.74) is 0. The van der Waals surface area contributed by atoms with Crippen molar-refractivity contribution in [1.29, 1.82) is 0 Å². The van der Waals surface area contributed by atoms with Gasteiger partial charge >= 0.3 is 0 Å². The predicted molar refractivity (Wildman–Crippen MR) is 58.1 cm³/mol. The van der Waals surface area contributed by atoms with Gasteiger partial charge in [-0.3, -0.25) is 0 Å². The van der Waals surface area contributed by atoms with Gasteiger partial charge in [0, 0.05) is 18.0 Å². The van der Waals surface area contributed by atoms with Gasteiger partial charge in [-0.15, -0.1) is 0 Å². The van der Waals surface area contributed by atoms with Crippen molar-refractivity contribution in [2.45, 2.75) is 37.4 Å². The first-order valence-electron chi connectivity index (χ1n) is 5.51. The summed E-state index contributed by atoms with van der Waals surface area (Å²) in [5, 5.41) is 0. The molecule has 1 nitrogen and oxygen atoms in total. The van der Waals surface area contributed by atoms with Crippen molar-refractivity contribution in [2.75, 3.05) is 13.2 Å². The summed E-state index contributed by atoms with van der Waals surface area (Å²) in [6, 6.07) is 0. The molecular formula is C11H19BrO. The fourth-order valence-electron chi connectivity index (χ4n) is 2.91. The molecule has 2 aliphatic rings. The van der Waals surface area contributed by atoms with E-state index in [1.807, 2.05) is 0 Å². The van der Waals surface area contributed by atoms with Crippen LogP contribution in [-0.2, 0) is 4.74 Å². The normalized spacial score (nSPS) is 46.6. The van der Waals surface area contributed by atoms with E-state index in [2.05, 4.69) is 22.9 Å². The third kappa shape index (κ3) is 2.10. The quantitative estimate of drug-likeness (QED) is 0.646. The predicted octanol–water partition coefficient (Wildman–Crippen LogP) is 3.22. The van der Waals surface area contributed by atoms with E-state index in [1.54, 1.807) is 0 Å². The molecule has 13 heavy (non-hydrogen) atoms. The van der Waals surface area contributed by atoms with Crippen LogP contribution in [0.5, 0.6) is 0 Å². The maximum Gasteiger partial charge on any atom is 0.0497 e. The molecule has 1 aliphatic heterocycles. The minimum atomic E-state index is 0.763. The first kappa shape index (κ1) is 9.97. The highest BCUT2D eigenvalue weighted by Gasteiger charge is 2.36. The van der Waals surface area contributed by atoms with Crippen molar-refractivity contribution >= 4 is 15.9 Å². The third-order valence-electron chi connectivity index (χ3n) is 3.82. The average Bonchev–Trinajstić information content (AvgIpc) is 2.49. The van der Waals surface area contributed by atoms with E-state index in [9.17, 15) is 0 Å². The molecule has 1 saturated carbocycles. The first-order chi connectivity index (χ1) is 6.29. The smallest absolute Gasteiger partial charge is 0.0497 e. The minimum Gasteiger partial charge on any atom is -0.381 e. The number of hydrogen-bond donors (Lipinski definition) is 0. The lowest BCUT2D eigenvalue weighted by Gasteiger charge is -2.30. The lowest BCUT2D eigenvalue weighted by atomic mass is 9.82. The Morgan fingerprint density at radius 3 is 2.62 bits per heavy atom. The van der Waals surface area contributed by atoms with Crippen LogP contribution in [0.15, 0.2) is 0 Å². The molecular weight excluding hydrogens is 228 g/mol. The third-order valence-corrected chi connectivity index (χ3v) is 5.11. The van der Waals surface area contributed by atoms with Crippen LogP contribution in [0.25, 0.3) is 0 Å². The fraction of sp³-hybridized carbons (Fsp3) is 1.00. The standard InChI is InChI=1S/C11H19BrO/c1-8-10(4-5-11(8)12)9-3-2-6-13-7-9/h8-11H,2-7H2,1H3. The van der Waals surface area contributed by atoms with Crippen LogP contribution in [0.1, 0.15) is 32.6 Å². The average molecular weight is 247 g/mol. The van der Waals surface area contributed by atoms with Crippen LogP contribution in [-0.4, -0.2) is 18.0 Å². The van der Waals surface area contributed by atoms with Crippen LogP contribution < -0.4 is 0 Å². The van der Waals surface area contributed by atoms with Gasteiger partial charge in [0.15, 0.2) is 0 Å². The Morgan fingerprint density at radius 2 is 2.08 bits per heavy atom. The van der Waals surface area contributed by atoms with Crippen molar-refractivity contribution in [2.24, 2.45) is 17.8 Å². The fourth-order valence-corrected chi connectivity index (χ4v) is 3.57. The van der Waals surface area contributed by atoms with Crippen LogP contribution >= 0.6 is 15.9 Å². The van der Waals surface area contributed by atoms with Gasteiger partial charge in [0.2, 0.25) is 0 Å². The zero-order chi connectivity index (χ0) is 9.26. The molecule has 2 rings (SSSR count). The van der Waals surface area contributed by atoms with E-state index < -0.39 is 0 Å². The van der Waals surface area contributed by atoms with E-state index in [4.69, 9.17) is 4.74 Å². The SMILES string of the molecule is CC1C(Br)CCC1C1CCCOC1. The second-order valence-corrected chi connectivity index (χ2v) is 5.77. The molecule has 2 fully saturated rings. The van der Waals surface area contributed by atoms with Gasteiger partial charge in [-0.2, -0.15) is 0 Å². The molecule has 1 heterocycles. The Morgan fingerprint density at radius 1 is 1.23 bits per heavy atom. The Hall–Kier alpha value is 0.440. The zero-order valence-corrected chi connectivity index (χ0v) is 9.92. The summed E-state index contributed by atoms with van der Waals surface area (Å²) < 4.78 is 5.56. The lowest BCUT2D eigenvalue weighted by molar-refractivity contribution is 0.0240. The van der Waals surface area contributed by atoms with Crippen molar-refractivity contribution in [3.8, 4) is 0 Å². The van der Waals surface area contributed by atoms with E-state index in [-0.39, 0.29) is 0 Å². The zero-order valence-electron chi connectivity index (χ0n) is 8.34. The molecule has 0 bridgehead atoms. The molecule has 4 atom stereocenters. The molecule has 1 aliphatic carbocycles. The summed E-state index contributed by atoms with van der Waals surface area (Å²) in [7, 11) is 0. The number of alkyl halides is 1. The van der Waals surface area contributed by atoms with E-state index in [0.717, 1.165) is 35.8 Å². The molecule has 0 amide bonds. The number of halogens is 1. The Bertz CT molecular complexity index is 165. The molecule has 0 aromatic carbocycles. The highest BCUT2D eigenvalue weighted by Crippen LogP contribution is 2.42. The van der Waals surface area contributed by atoms with Crippen LogP contribution in [0.2, 0.25) is 0 Å². The second-order valence-electron chi connectivity index (χ2n) is 4.59. The van der Waals surface area contributed by atoms with Crippen LogP contribution in [0.3, 0.4) is 0 Å². The van der Waals surface area contributed by atoms with Gasteiger partial charge in [-0.25, -0.2) is 0 Å². The summed E-state index contributed by atoms with van der Waals surface area (Å²) in [4.78, 5) is 0.763. The van der Waals surface area contributed by atoms with E-state index in [0.29, 0.717) is 0 Å². The molecule has 0 aromatic heterocycles. The Labute approximate surface area is 89.4 Å². The molecule has 4 unspecified atom stereocenters. The highest BCUT2D eigenvalue weighted by molar-refractivity contribution is 9.09. The minimum absolute atomic E-state index is 0.763. The van der Waals surface area contributed by atoms with Gasteiger partial charge in [-0.05, 0) is 43.4 Å². The maximum absolute atomic E-state index is 5.56. The van der Waals surface area contributed by atoms with Gasteiger partial charge in [0.1, 0.15) is 0 Å². The topological polar surface area (TPSA) is 9.23 Å². The largest absolute Gasteiger partial charge is 0.381 e. The Balaban J connectivity index is 1.92. The van der Waals surface area contributed by atoms with Crippen molar-refractivity contribution in [3.05, 3.63) is 0 Å². The summed E-state index contributed by atoms with van der Waals surface area (Å²) >= 11 is 3.77. The number of hydrogen-bond acceptors (Lipinski definition) is 1. The second kappa shape index (κ2) is 4.31. The maximum atomic E-state index is 5.56. The van der Waals surface area contributed by atoms with Crippen LogP contribution in [0.4, 0.5) is 0 Å². The van der Waals surface area contributed by atoms with Crippen molar-refractivity contribution in [3.63, 3.8) is 0 Å². The Kier molecular flexibility index (Phi) is 3.31. The van der Waals surface area contributed by atoms with Gasteiger partial charge in [0.05, 0.1) is 0 Å². The van der Waals surface area contributed by atoms with Gasteiger partial charge < -0.3 is 4.74 Å². The van der Waals surface area contributed by atoms with Crippen molar-refractivity contribution < 1.29 is 4.74 Å². The van der Waals surface area contributed by atoms with Gasteiger partial charge in [-0.1, -0.05) is 22.9 Å². The summed E-state index contributed by atoms with van der Waals surface area (Å²) in [5.74, 6) is 2.63. The first-order valence-corrected chi connectivity index (χ1v) is 6.42.